The smallest absolute Gasteiger partial charge is 0.0843 e. The molecule has 1 rings (SSSR count). The van der Waals surface area contributed by atoms with Gasteiger partial charge in [-0.05, 0) is 24.6 Å². The zero-order chi connectivity index (χ0) is 8.43. The van der Waals surface area contributed by atoms with Crippen LogP contribution in [0.2, 0.25) is 5.02 Å². The zero-order valence-electron chi connectivity index (χ0n) is 5.90. The first-order valence-corrected chi connectivity index (χ1v) is 4.23. The second kappa shape index (κ2) is 3.53. The van der Waals surface area contributed by atoms with Gasteiger partial charge in [-0.1, -0.05) is 41.5 Å². The van der Waals surface area contributed by atoms with Gasteiger partial charge in [-0.3, -0.25) is 0 Å². The summed E-state index contributed by atoms with van der Waals surface area (Å²) in [5, 5.41) is 0.708. The van der Waals surface area contributed by atoms with Crippen LogP contribution in [0.25, 0.3) is 0 Å². The average Bonchev–Trinajstić information content (AvgIpc) is 1.85. The Balaban J connectivity index is 3.20. The van der Waals surface area contributed by atoms with Gasteiger partial charge in [0.05, 0.1) is 0 Å². The molecule has 0 aliphatic carbocycles. The molecule has 0 aromatic heterocycles. The highest BCUT2D eigenvalue weighted by atomic mass is 35.5. The van der Waals surface area contributed by atoms with Gasteiger partial charge in [0.15, 0.2) is 0 Å². The topological polar surface area (TPSA) is 0 Å². The van der Waals surface area contributed by atoms with E-state index in [2.05, 4.69) is 0 Å². The van der Waals surface area contributed by atoms with E-state index in [0.29, 0.717) is 9.35 Å². The molecular formula is C8H6Cl2S. The lowest BCUT2D eigenvalue weighted by atomic mass is 10.1. The van der Waals surface area contributed by atoms with Crippen molar-refractivity contribution in [3.05, 3.63) is 34.3 Å². The van der Waals surface area contributed by atoms with Gasteiger partial charge in [-0.25, -0.2) is 0 Å². The van der Waals surface area contributed by atoms with Gasteiger partial charge in [0.2, 0.25) is 0 Å². The number of benzene rings is 1. The highest BCUT2D eigenvalue weighted by Crippen LogP contribution is 2.17. The van der Waals surface area contributed by atoms with E-state index in [1.165, 1.54) is 0 Å². The fourth-order valence-corrected chi connectivity index (χ4v) is 1.52. The minimum absolute atomic E-state index is 0.388. The highest BCUT2D eigenvalue weighted by molar-refractivity contribution is 7.83. The van der Waals surface area contributed by atoms with E-state index in [-0.39, 0.29) is 0 Å². The summed E-state index contributed by atoms with van der Waals surface area (Å²) in [7, 11) is 0. The third kappa shape index (κ3) is 2.16. The number of hydrogen-bond acceptors (Lipinski definition) is 1. The number of halogens is 2. The molecule has 0 aliphatic rings. The molecule has 1 aromatic carbocycles. The van der Waals surface area contributed by atoms with Crippen molar-refractivity contribution in [1.82, 2.24) is 0 Å². The van der Waals surface area contributed by atoms with Crippen molar-refractivity contribution in [2.24, 2.45) is 0 Å². The molecule has 0 saturated heterocycles. The second-order valence-corrected chi connectivity index (χ2v) is 3.68. The van der Waals surface area contributed by atoms with E-state index in [1.807, 2.05) is 19.1 Å². The molecule has 0 saturated carbocycles. The van der Waals surface area contributed by atoms with E-state index < -0.39 is 0 Å². The summed E-state index contributed by atoms with van der Waals surface area (Å²) in [4.78, 5) is 0. The van der Waals surface area contributed by atoms with E-state index >= 15 is 0 Å². The van der Waals surface area contributed by atoms with Crippen LogP contribution in [0.1, 0.15) is 11.1 Å². The molecule has 3 heteroatoms. The predicted octanol–water partition coefficient (Wildman–Crippen LogP) is 3.56. The minimum atomic E-state index is 0.388. The number of hydrogen-bond donors (Lipinski definition) is 0. The Labute approximate surface area is 81.1 Å². The van der Waals surface area contributed by atoms with Crippen LogP contribution in [0.4, 0.5) is 0 Å². The Hall–Kier alpha value is -0.110. The van der Waals surface area contributed by atoms with Crippen molar-refractivity contribution in [3.8, 4) is 0 Å². The summed E-state index contributed by atoms with van der Waals surface area (Å²) in [5.74, 6) is 0. The standard InChI is InChI=1S/C8H6Cl2S/c1-5-4-6(9)2-3-7(5)8(10)11/h2-4H,1H3. The first-order chi connectivity index (χ1) is 5.11. The monoisotopic (exact) mass is 204 g/mol. The first-order valence-electron chi connectivity index (χ1n) is 3.07. The van der Waals surface area contributed by atoms with Crippen molar-refractivity contribution < 1.29 is 0 Å². The summed E-state index contributed by atoms with van der Waals surface area (Å²) in [6.07, 6.45) is 0. The van der Waals surface area contributed by atoms with Gasteiger partial charge < -0.3 is 0 Å². The molecule has 0 unspecified atom stereocenters. The first kappa shape index (κ1) is 8.98. The molecule has 0 heterocycles. The van der Waals surface area contributed by atoms with Crippen molar-refractivity contribution in [2.75, 3.05) is 0 Å². The number of thiocarbonyl (C=S) groups is 1. The average molecular weight is 205 g/mol. The quantitative estimate of drug-likeness (QED) is 0.499. The van der Waals surface area contributed by atoms with Crippen molar-refractivity contribution in [1.29, 1.82) is 0 Å². The molecule has 0 atom stereocenters. The largest absolute Gasteiger partial charge is 0.111 e. The van der Waals surface area contributed by atoms with Crippen LogP contribution in [-0.4, -0.2) is 4.32 Å². The molecule has 11 heavy (non-hydrogen) atoms. The third-order valence-corrected chi connectivity index (χ3v) is 2.06. The number of rotatable bonds is 1. The summed E-state index contributed by atoms with van der Waals surface area (Å²) in [6.45, 7) is 1.93. The van der Waals surface area contributed by atoms with Crippen LogP contribution in [0, 0.1) is 6.92 Å². The maximum Gasteiger partial charge on any atom is 0.111 e. The zero-order valence-corrected chi connectivity index (χ0v) is 8.22. The summed E-state index contributed by atoms with van der Waals surface area (Å²) in [5.41, 5.74) is 1.89. The fourth-order valence-electron chi connectivity index (χ4n) is 0.848. The molecule has 0 spiro atoms. The van der Waals surface area contributed by atoms with Gasteiger partial charge in [0, 0.05) is 10.6 Å². The van der Waals surface area contributed by atoms with Gasteiger partial charge in [0.25, 0.3) is 0 Å². The normalized spacial score (nSPS) is 9.73. The van der Waals surface area contributed by atoms with Gasteiger partial charge in [-0.15, -0.1) is 0 Å². The Bertz CT molecular complexity index is 294. The van der Waals surface area contributed by atoms with Gasteiger partial charge in [0.1, 0.15) is 4.32 Å². The lowest BCUT2D eigenvalue weighted by molar-refractivity contribution is 1.46. The van der Waals surface area contributed by atoms with Crippen LogP contribution in [0.15, 0.2) is 18.2 Å². The van der Waals surface area contributed by atoms with Crippen LogP contribution in [0.3, 0.4) is 0 Å². The Kier molecular flexibility index (Phi) is 2.88. The summed E-state index contributed by atoms with van der Waals surface area (Å²) < 4.78 is 0.388. The summed E-state index contributed by atoms with van der Waals surface area (Å²) >= 11 is 16.2. The summed E-state index contributed by atoms with van der Waals surface area (Å²) in [6, 6.07) is 5.44. The molecule has 0 bridgehead atoms. The molecule has 1 aromatic rings. The van der Waals surface area contributed by atoms with Gasteiger partial charge in [-0.2, -0.15) is 0 Å². The van der Waals surface area contributed by atoms with Crippen LogP contribution < -0.4 is 0 Å². The molecule has 0 N–H and O–H groups in total. The molecule has 0 radical (unpaired) electrons. The van der Waals surface area contributed by atoms with Crippen LogP contribution in [-0.2, 0) is 0 Å². The maximum atomic E-state index is 5.74. The lowest BCUT2D eigenvalue weighted by Gasteiger charge is -2.00. The van der Waals surface area contributed by atoms with Crippen molar-refractivity contribution in [2.45, 2.75) is 6.92 Å². The molecule has 0 nitrogen and oxygen atoms in total. The maximum absolute atomic E-state index is 5.74. The van der Waals surface area contributed by atoms with E-state index in [0.717, 1.165) is 11.1 Å². The van der Waals surface area contributed by atoms with Crippen LogP contribution in [0.5, 0.6) is 0 Å². The van der Waals surface area contributed by atoms with Crippen LogP contribution >= 0.6 is 35.4 Å². The Morgan fingerprint density at radius 2 is 2.09 bits per heavy atom. The molecule has 0 aliphatic heterocycles. The van der Waals surface area contributed by atoms with E-state index in [4.69, 9.17) is 35.4 Å². The highest BCUT2D eigenvalue weighted by Gasteiger charge is 2.01. The van der Waals surface area contributed by atoms with Gasteiger partial charge >= 0.3 is 0 Å². The van der Waals surface area contributed by atoms with Crippen molar-refractivity contribution >= 4 is 39.7 Å². The predicted molar refractivity (Wildman–Crippen MR) is 53.7 cm³/mol. The molecule has 0 fully saturated rings. The molecular weight excluding hydrogens is 199 g/mol. The van der Waals surface area contributed by atoms with E-state index in [9.17, 15) is 0 Å². The Morgan fingerprint density at radius 1 is 1.45 bits per heavy atom. The fraction of sp³-hybridized carbons (Fsp3) is 0.125. The van der Waals surface area contributed by atoms with E-state index in [1.54, 1.807) is 6.07 Å². The second-order valence-electron chi connectivity index (χ2n) is 2.23. The third-order valence-electron chi connectivity index (χ3n) is 1.40. The number of aryl methyl sites for hydroxylation is 1. The SMILES string of the molecule is Cc1cc(Cl)ccc1C(=S)Cl. The minimum Gasteiger partial charge on any atom is -0.0843 e. The molecule has 0 amide bonds. The Morgan fingerprint density at radius 3 is 2.55 bits per heavy atom. The lowest BCUT2D eigenvalue weighted by Crippen LogP contribution is -1.90. The molecule has 58 valence electrons. The van der Waals surface area contributed by atoms with Crippen molar-refractivity contribution in [3.63, 3.8) is 0 Å².